The molecule has 2 amide bonds. The van der Waals surface area contributed by atoms with Crippen LogP contribution in [0.15, 0.2) is 65.8 Å². The zero-order valence-electron chi connectivity index (χ0n) is 25.7. The molecule has 1 heterocycles. The number of rotatable bonds is 16. The number of aryl methyl sites for hydroxylation is 1. The lowest BCUT2D eigenvalue weighted by Gasteiger charge is -2.38. The Kier molecular flexibility index (Phi) is 13.2. The van der Waals surface area contributed by atoms with Crippen LogP contribution in [0.3, 0.4) is 0 Å². The van der Waals surface area contributed by atoms with Crippen molar-refractivity contribution in [2.24, 2.45) is 0 Å². The lowest BCUT2D eigenvalue weighted by Crippen LogP contribution is -2.42. The molecule has 0 aliphatic heterocycles. The average molecular weight is 698 g/mol. The SMILES string of the molecule is Cc1cnccc1-c1cccc(C(C)(C)N(CCCNS(=O)(=O)CCNC(=O)NCCS(=O)(=O)O)Sc2cccc(Cl)c2C)c1. The molecule has 0 radical (unpaired) electrons. The number of hydrogen-bond donors (Lipinski definition) is 4. The van der Waals surface area contributed by atoms with E-state index < -0.39 is 37.5 Å². The zero-order valence-corrected chi connectivity index (χ0v) is 28.9. The van der Waals surface area contributed by atoms with Gasteiger partial charge in [-0.1, -0.05) is 35.9 Å². The van der Waals surface area contributed by atoms with E-state index in [1.165, 1.54) is 0 Å². The third-order valence-electron chi connectivity index (χ3n) is 7.11. The van der Waals surface area contributed by atoms with Gasteiger partial charge in [-0.3, -0.25) is 9.54 Å². The molecule has 2 aromatic carbocycles. The van der Waals surface area contributed by atoms with Crippen LogP contribution in [0.5, 0.6) is 0 Å². The molecule has 0 spiro atoms. The van der Waals surface area contributed by atoms with E-state index in [-0.39, 0.29) is 25.4 Å². The molecule has 11 nitrogen and oxygen atoms in total. The lowest BCUT2D eigenvalue weighted by molar-refractivity contribution is 0.242. The second kappa shape index (κ2) is 16.2. The van der Waals surface area contributed by atoms with Crippen LogP contribution >= 0.6 is 23.5 Å². The summed E-state index contributed by atoms with van der Waals surface area (Å²) >= 11 is 8.01. The van der Waals surface area contributed by atoms with E-state index in [0.717, 1.165) is 32.7 Å². The normalized spacial score (nSPS) is 12.3. The van der Waals surface area contributed by atoms with Crippen molar-refractivity contribution in [3.05, 3.63) is 82.6 Å². The third-order valence-corrected chi connectivity index (χ3v) is 11.1. The van der Waals surface area contributed by atoms with E-state index in [9.17, 15) is 21.6 Å². The number of pyridine rings is 1. The van der Waals surface area contributed by atoms with Gasteiger partial charge >= 0.3 is 6.03 Å². The number of carbonyl (C=O) groups excluding carboxylic acids is 1. The molecule has 0 saturated heterocycles. The summed E-state index contributed by atoms with van der Waals surface area (Å²) in [6, 6.07) is 15.4. The molecule has 246 valence electrons. The summed E-state index contributed by atoms with van der Waals surface area (Å²) in [5, 5.41) is 5.26. The lowest BCUT2D eigenvalue weighted by atomic mass is 9.90. The van der Waals surface area contributed by atoms with Gasteiger partial charge in [0.2, 0.25) is 10.0 Å². The van der Waals surface area contributed by atoms with Crippen LogP contribution in [0.1, 0.15) is 37.0 Å². The Bertz CT molecular complexity index is 1690. The summed E-state index contributed by atoms with van der Waals surface area (Å²) in [4.78, 5) is 17.0. The van der Waals surface area contributed by atoms with E-state index in [0.29, 0.717) is 18.0 Å². The number of nitrogens with zero attached hydrogens (tertiary/aromatic N) is 2. The summed E-state index contributed by atoms with van der Waals surface area (Å²) in [5.41, 5.74) is 4.84. The number of halogens is 1. The molecule has 1 aromatic heterocycles. The Hall–Kier alpha value is -2.72. The predicted octanol–water partition coefficient (Wildman–Crippen LogP) is 4.76. The standard InChI is InChI=1S/C30H40ClN5O6S3/c1-22-21-32-14-12-26(22)24-8-5-9-25(20-24)30(3,4)36(43-28-11-6-10-27(31)23(28)2)17-7-13-35-44(38,39)18-15-33-29(37)34-16-19-45(40,41)42/h5-6,8-12,14,20-21,35H,7,13,15-19H2,1-4H3,(H2,33,34,37)(H,40,41,42). The fourth-order valence-electron chi connectivity index (χ4n) is 4.43. The van der Waals surface area contributed by atoms with Crippen molar-refractivity contribution in [2.45, 2.75) is 44.6 Å². The Morgan fingerprint density at radius 3 is 2.38 bits per heavy atom. The van der Waals surface area contributed by atoms with Crippen LogP contribution in [-0.2, 0) is 25.7 Å². The summed E-state index contributed by atoms with van der Waals surface area (Å²) in [6.07, 6.45) is 4.13. The molecule has 0 saturated carbocycles. The molecule has 3 aromatic rings. The van der Waals surface area contributed by atoms with Crippen molar-refractivity contribution >= 4 is 49.7 Å². The number of aromatic nitrogens is 1. The number of hydrogen-bond acceptors (Lipinski definition) is 8. The van der Waals surface area contributed by atoms with Crippen LogP contribution in [0.2, 0.25) is 5.02 Å². The minimum atomic E-state index is -4.21. The van der Waals surface area contributed by atoms with Crippen molar-refractivity contribution < 1.29 is 26.2 Å². The fraction of sp³-hybridized carbons (Fsp3) is 0.400. The minimum absolute atomic E-state index is 0.177. The number of amides is 2. The van der Waals surface area contributed by atoms with Gasteiger partial charge < -0.3 is 10.6 Å². The first-order valence-electron chi connectivity index (χ1n) is 14.3. The molecule has 0 fully saturated rings. The number of urea groups is 1. The van der Waals surface area contributed by atoms with Gasteiger partial charge in [0.15, 0.2) is 0 Å². The van der Waals surface area contributed by atoms with E-state index in [1.807, 2.05) is 50.4 Å². The van der Waals surface area contributed by atoms with E-state index in [4.69, 9.17) is 16.2 Å². The van der Waals surface area contributed by atoms with Crippen molar-refractivity contribution in [1.29, 1.82) is 0 Å². The van der Waals surface area contributed by atoms with Crippen molar-refractivity contribution in [1.82, 2.24) is 24.6 Å². The van der Waals surface area contributed by atoms with Crippen LogP contribution in [0.25, 0.3) is 11.1 Å². The topological polar surface area (TPSA) is 158 Å². The fourth-order valence-corrected chi connectivity index (χ4v) is 7.17. The van der Waals surface area contributed by atoms with Gasteiger partial charge in [-0.25, -0.2) is 22.2 Å². The summed E-state index contributed by atoms with van der Waals surface area (Å²) in [7, 11) is -7.90. The molecule has 0 aliphatic carbocycles. The average Bonchev–Trinajstić information content (AvgIpc) is 2.96. The van der Waals surface area contributed by atoms with Crippen molar-refractivity contribution in [3.63, 3.8) is 0 Å². The first-order valence-corrected chi connectivity index (χ1v) is 18.7. The second-order valence-corrected chi connectivity index (χ2v) is 15.9. The molecule has 0 atom stereocenters. The maximum atomic E-state index is 12.6. The number of benzene rings is 2. The van der Waals surface area contributed by atoms with Gasteiger partial charge in [-0.2, -0.15) is 8.42 Å². The number of carbonyl (C=O) groups is 1. The summed E-state index contributed by atoms with van der Waals surface area (Å²) < 4.78 is 60.1. The van der Waals surface area contributed by atoms with Gasteiger partial charge in [0.25, 0.3) is 10.1 Å². The highest BCUT2D eigenvalue weighted by Crippen LogP contribution is 2.40. The highest BCUT2D eigenvalue weighted by atomic mass is 35.5. The van der Waals surface area contributed by atoms with Crippen LogP contribution in [-0.4, -0.2) is 74.4 Å². The Morgan fingerprint density at radius 2 is 1.69 bits per heavy atom. The monoisotopic (exact) mass is 697 g/mol. The van der Waals surface area contributed by atoms with Crippen LogP contribution in [0.4, 0.5) is 4.79 Å². The minimum Gasteiger partial charge on any atom is -0.337 e. The second-order valence-electron chi connectivity index (χ2n) is 10.9. The van der Waals surface area contributed by atoms with Gasteiger partial charge in [0.1, 0.15) is 0 Å². The van der Waals surface area contributed by atoms with Gasteiger partial charge in [0.05, 0.1) is 17.0 Å². The maximum Gasteiger partial charge on any atom is 0.314 e. The molecular formula is C30H40ClN5O6S3. The highest BCUT2D eigenvalue weighted by molar-refractivity contribution is 7.97. The first-order chi connectivity index (χ1) is 21.1. The van der Waals surface area contributed by atoms with Crippen molar-refractivity contribution in [2.75, 3.05) is 37.7 Å². The zero-order chi connectivity index (χ0) is 33.3. The highest BCUT2D eigenvalue weighted by Gasteiger charge is 2.30. The summed E-state index contributed by atoms with van der Waals surface area (Å²) in [5.74, 6) is -0.995. The van der Waals surface area contributed by atoms with Gasteiger partial charge in [-0.05, 0) is 98.1 Å². The Balaban J connectivity index is 1.67. The largest absolute Gasteiger partial charge is 0.337 e. The van der Waals surface area contributed by atoms with Crippen molar-refractivity contribution in [3.8, 4) is 11.1 Å². The summed E-state index contributed by atoms with van der Waals surface area (Å²) in [6.45, 7) is 8.51. The van der Waals surface area contributed by atoms with E-state index in [1.54, 1.807) is 18.1 Å². The maximum absolute atomic E-state index is 12.6. The number of sulfonamides is 1. The Labute approximate surface area is 275 Å². The van der Waals surface area contributed by atoms with E-state index >= 15 is 0 Å². The predicted molar refractivity (Wildman–Crippen MR) is 180 cm³/mol. The van der Waals surface area contributed by atoms with Gasteiger partial charge in [-0.15, -0.1) is 0 Å². The number of nitrogens with one attached hydrogen (secondary N) is 3. The third kappa shape index (κ3) is 11.5. The molecule has 0 unspecified atom stereocenters. The van der Waals surface area contributed by atoms with E-state index in [2.05, 4.69) is 56.7 Å². The molecule has 45 heavy (non-hydrogen) atoms. The molecule has 3 rings (SSSR count). The molecule has 4 N–H and O–H groups in total. The Morgan fingerprint density at radius 1 is 1.00 bits per heavy atom. The quantitative estimate of drug-likeness (QED) is 0.0941. The smallest absolute Gasteiger partial charge is 0.314 e. The van der Waals surface area contributed by atoms with Gasteiger partial charge in [0, 0.05) is 48.5 Å². The molecule has 15 heteroatoms. The molecule has 0 bridgehead atoms. The molecular weight excluding hydrogens is 658 g/mol. The first kappa shape index (κ1) is 36.7. The van der Waals surface area contributed by atoms with Crippen LogP contribution in [0, 0.1) is 13.8 Å². The van der Waals surface area contributed by atoms with Crippen LogP contribution < -0.4 is 15.4 Å². The molecule has 0 aliphatic rings.